The van der Waals surface area contributed by atoms with E-state index in [2.05, 4.69) is 10.1 Å². The van der Waals surface area contributed by atoms with Crippen molar-refractivity contribution in [3.63, 3.8) is 0 Å². The lowest BCUT2D eigenvalue weighted by atomic mass is 10.0. The summed E-state index contributed by atoms with van der Waals surface area (Å²) in [5, 5.41) is 4.00. The Morgan fingerprint density at radius 2 is 1.94 bits per heavy atom. The fourth-order valence-corrected chi connectivity index (χ4v) is 2.16. The number of hydrogen-bond donors (Lipinski definition) is 1. The van der Waals surface area contributed by atoms with Gasteiger partial charge in [0.2, 0.25) is 5.89 Å². The number of hydrogen-bond acceptors (Lipinski definition) is 5. The summed E-state index contributed by atoms with van der Waals surface area (Å²) in [6.45, 7) is 1.58. The molecule has 88 valence electrons. The molecule has 0 spiro atoms. The average molecular weight is 223 g/mol. The highest BCUT2D eigenvalue weighted by molar-refractivity contribution is 5.02. The minimum atomic E-state index is -0.0302. The Kier molecular flexibility index (Phi) is 2.65. The predicted molar refractivity (Wildman–Crippen MR) is 56.7 cm³/mol. The van der Waals surface area contributed by atoms with Crippen molar-refractivity contribution in [2.45, 2.75) is 37.6 Å². The molecule has 1 unspecified atom stereocenters. The summed E-state index contributed by atoms with van der Waals surface area (Å²) in [7, 11) is 0. The standard InChI is InChI=1S/C11H17N3O2/c12-9(7-1-2-7)10-13-11(16-14-10)8-3-5-15-6-4-8/h7-9H,1-6,12H2. The summed E-state index contributed by atoms with van der Waals surface area (Å²) in [6.07, 6.45) is 4.34. The van der Waals surface area contributed by atoms with Crippen LogP contribution in [0.4, 0.5) is 0 Å². The summed E-state index contributed by atoms with van der Waals surface area (Å²) in [5.74, 6) is 2.36. The normalized spacial score (nSPS) is 24.6. The third-order valence-corrected chi connectivity index (χ3v) is 3.46. The second-order valence-electron chi connectivity index (χ2n) is 4.74. The van der Waals surface area contributed by atoms with E-state index in [-0.39, 0.29) is 6.04 Å². The van der Waals surface area contributed by atoms with Crippen molar-refractivity contribution in [1.82, 2.24) is 10.1 Å². The van der Waals surface area contributed by atoms with Crippen molar-refractivity contribution in [3.05, 3.63) is 11.7 Å². The minimum Gasteiger partial charge on any atom is -0.381 e. The van der Waals surface area contributed by atoms with Crippen molar-refractivity contribution in [2.75, 3.05) is 13.2 Å². The van der Waals surface area contributed by atoms with E-state index in [1.54, 1.807) is 0 Å². The quantitative estimate of drug-likeness (QED) is 0.837. The molecule has 3 rings (SSSR count). The molecule has 5 heteroatoms. The molecule has 2 fully saturated rings. The summed E-state index contributed by atoms with van der Waals surface area (Å²) in [6, 6.07) is -0.0302. The van der Waals surface area contributed by atoms with E-state index in [1.807, 2.05) is 0 Å². The van der Waals surface area contributed by atoms with Crippen LogP contribution in [0.2, 0.25) is 0 Å². The van der Waals surface area contributed by atoms with Crippen LogP contribution in [-0.2, 0) is 4.74 Å². The Morgan fingerprint density at radius 3 is 2.62 bits per heavy atom. The van der Waals surface area contributed by atoms with Gasteiger partial charge in [0.1, 0.15) is 0 Å². The first-order valence-corrected chi connectivity index (χ1v) is 6.01. The van der Waals surface area contributed by atoms with E-state index >= 15 is 0 Å². The van der Waals surface area contributed by atoms with Crippen LogP contribution in [0.25, 0.3) is 0 Å². The van der Waals surface area contributed by atoms with E-state index in [0.29, 0.717) is 17.7 Å². The zero-order chi connectivity index (χ0) is 11.0. The lowest BCUT2D eigenvalue weighted by Gasteiger charge is -2.18. The van der Waals surface area contributed by atoms with Crippen LogP contribution >= 0.6 is 0 Å². The second-order valence-corrected chi connectivity index (χ2v) is 4.74. The van der Waals surface area contributed by atoms with Gasteiger partial charge in [0.25, 0.3) is 0 Å². The first-order valence-electron chi connectivity index (χ1n) is 6.01. The molecule has 2 heterocycles. The van der Waals surface area contributed by atoms with Gasteiger partial charge in [-0.2, -0.15) is 4.98 Å². The summed E-state index contributed by atoms with van der Waals surface area (Å²) in [4.78, 5) is 4.44. The first kappa shape index (κ1) is 10.2. The van der Waals surface area contributed by atoms with Gasteiger partial charge in [-0.1, -0.05) is 5.16 Å². The summed E-state index contributed by atoms with van der Waals surface area (Å²) >= 11 is 0. The molecule has 2 N–H and O–H groups in total. The molecule has 2 aliphatic rings. The van der Waals surface area contributed by atoms with Crippen LogP contribution in [0.1, 0.15) is 49.4 Å². The maximum absolute atomic E-state index is 6.03. The van der Waals surface area contributed by atoms with Crippen molar-refractivity contribution >= 4 is 0 Å². The molecule has 1 aromatic heterocycles. The largest absolute Gasteiger partial charge is 0.381 e. The molecule has 5 nitrogen and oxygen atoms in total. The van der Waals surface area contributed by atoms with E-state index in [1.165, 1.54) is 12.8 Å². The average Bonchev–Trinajstić information content (AvgIpc) is 3.07. The summed E-state index contributed by atoms with van der Waals surface area (Å²) < 4.78 is 10.6. The van der Waals surface area contributed by atoms with E-state index in [4.69, 9.17) is 15.0 Å². The molecule has 0 aromatic carbocycles. The van der Waals surface area contributed by atoms with Crippen LogP contribution in [-0.4, -0.2) is 23.4 Å². The number of nitrogens with two attached hydrogens (primary N) is 1. The van der Waals surface area contributed by atoms with E-state index < -0.39 is 0 Å². The number of rotatable bonds is 3. The lowest BCUT2D eigenvalue weighted by molar-refractivity contribution is 0.0778. The number of nitrogens with zero attached hydrogens (tertiary/aromatic N) is 2. The molecule has 1 saturated heterocycles. The van der Waals surface area contributed by atoms with Crippen LogP contribution in [0, 0.1) is 5.92 Å². The van der Waals surface area contributed by atoms with Crippen molar-refractivity contribution in [2.24, 2.45) is 11.7 Å². The Morgan fingerprint density at radius 1 is 1.19 bits per heavy atom. The third kappa shape index (κ3) is 1.97. The second kappa shape index (κ2) is 4.14. The first-order chi connectivity index (χ1) is 7.84. The predicted octanol–water partition coefficient (Wildman–Crippen LogP) is 1.37. The molecule has 1 aromatic rings. The van der Waals surface area contributed by atoms with Crippen LogP contribution in [0.15, 0.2) is 4.52 Å². The zero-order valence-electron chi connectivity index (χ0n) is 9.26. The topological polar surface area (TPSA) is 74.2 Å². The highest BCUT2D eigenvalue weighted by atomic mass is 16.5. The Balaban J connectivity index is 1.70. The minimum absolute atomic E-state index is 0.0302. The number of aromatic nitrogens is 2. The lowest BCUT2D eigenvalue weighted by Crippen LogP contribution is -2.16. The fourth-order valence-electron chi connectivity index (χ4n) is 2.16. The van der Waals surface area contributed by atoms with Crippen LogP contribution in [0.5, 0.6) is 0 Å². The molecule has 1 atom stereocenters. The molecule has 0 bridgehead atoms. The van der Waals surface area contributed by atoms with Crippen molar-refractivity contribution in [1.29, 1.82) is 0 Å². The van der Waals surface area contributed by atoms with Gasteiger partial charge in [-0.15, -0.1) is 0 Å². The fraction of sp³-hybridized carbons (Fsp3) is 0.818. The zero-order valence-corrected chi connectivity index (χ0v) is 9.26. The van der Waals surface area contributed by atoms with Gasteiger partial charge in [-0.3, -0.25) is 0 Å². The maximum atomic E-state index is 6.03. The molecule has 0 amide bonds. The molecule has 1 saturated carbocycles. The molecular formula is C11H17N3O2. The molecule has 1 aliphatic heterocycles. The van der Waals surface area contributed by atoms with Crippen LogP contribution < -0.4 is 5.73 Å². The Bertz CT molecular complexity index is 356. The SMILES string of the molecule is NC(c1noc(C2CCOCC2)n1)C1CC1. The van der Waals surface area contributed by atoms with Gasteiger partial charge >= 0.3 is 0 Å². The van der Waals surface area contributed by atoms with Crippen molar-refractivity contribution in [3.8, 4) is 0 Å². The Hall–Kier alpha value is -0.940. The molecule has 1 aliphatic carbocycles. The van der Waals surface area contributed by atoms with Gasteiger partial charge < -0.3 is 15.0 Å². The highest BCUT2D eigenvalue weighted by Gasteiger charge is 2.33. The molecular weight excluding hydrogens is 206 g/mol. The van der Waals surface area contributed by atoms with Crippen molar-refractivity contribution < 1.29 is 9.26 Å². The van der Waals surface area contributed by atoms with Gasteiger partial charge in [0.05, 0.1) is 6.04 Å². The third-order valence-electron chi connectivity index (χ3n) is 3.46. The maximum Gasteiger partial charge on any atom is 0.229 e. The van der Waals surface area contributed by atoms with Gasteiger partial charge in [0, 0.05) is 19.1 Å². The van der Waals surface area contributed by atoms with Crippen LogP contribution in [0.3, 0.4) is 0 Å². The van der Waals surface area contributed by atoms with Gasteiger partial charge in [0.15, 0.2) is 5.82 Å². The van der Waals surface area contributed by atoms with Gasteiger partial charge in [-0.25, -0.2) is 0 Å². The molecule has 16 heavy (non-hydrogen) atoms. The van der Waals surface area contributed by atoms with Gasteiger partial charge in [-0.05, 0) is 31.6 Å². The van der Waals surface area contributed by atoms with E-state index in [0.717, 1.165) is 31.9 Å². The smallest absolute Gasteiger partial charge is 0.229 e. The Labute approximate surface area is 94.3 Å². The van der Waals surface area contributed by atoms with E-state index in [9.17, 15) is 0 Å². The monoisotopic (exact) mass is 223 g/mol. The molecule has 0 radical (unpaired) electrons. The summed E-state index contributed by atoms with van der Waals surface area (Å²) in [5.41, 5.74) is 6.03. The highest BCUT2D eigenvalue weighted by Crippen LogP contribution is 2.38. The number of ether oxygens (including phenoxy) is 1.